The van der Waals surface area contributed by atoms with Crippen LogP contribution in [0.25, 0.3) is 0 Å². The molecule has 0 spiro atoms. The van der Waals surface area contributed by atoms with E-state index in [2.05, 4.69) is 5.10 Å². The van der Waals surface area contributed by atoms with Gasteiger partial charge in [-0.05, 0) is 51.0 Å². The van der Waals surface area contributed by atoms with E-state index in [-0.39, 0.29) is 18.4 Å². The van der Waals surface area contributed by atoms with Crippen LogP contribution in [0.2, 0.25) is 5.02 Å². The van der Waals surface area contributed by atoms with Gasteiger partial charge in [-0.2, -0.15) is 5.10 Å². The molecule has 0 aliphatic carbocycles. The predicted molar refractivity (Wildman–Crippen MR) is 129 cm³/mol. The number of nitrogens with zero attached hydrogens (tertiary/aromatic N) is 4. The van der Waals surface area contributed by atoms with E-state index in [9.17, 15) is 9.59 Å². The lowest BCUT2D eigenvalue weighted by molar-refractivity contribution is -0.144. The van der Waals surface area contributed by atoms with Gasteiger partial charge in [0, 0.05) is 48.7 Å². The maximum absolute atomic E-state index is 13.2. The number of piperidine rings is 1. The lowest BCUT2D eigenvalue weighted by Crippen LogP contribution is -2.52. The van der Waals surface area contributed by atoms with Crippen LogP contribution >= 0.6 is 11.6 Å². The van der Waals surface area contributed by atoms with Crippen LogP contribution in [0.3, 0.4) is 0 Å². The first-order valence-electron chi connectivity index (χ1n) is 11.9. The number of benzene rings is 1. The molecule has 8 nitrogen and oxygen atoms in total. The summed E-state index contributed by atoms with van der Waals surface area (Å²) in [6, 6.07) is 9.24. The van der Waals surface area contributed by atoms with Gasteiger partial charge in [0.2, 0.25) is 11.8 Å². The highest BCUT2D eigenvalue weighted by molar-refractivity contribution is 6.30. The van der Waals surface area contributed by atoms with Crippen LogP contribution in [0, 0.1) is 19.3 Å². The van der Waals surface area contributed by atoms with Crippen molar-refractivity contribution in [1.29, 1.82) is 0 Å². The van der Waals surface area contributed by atoms with Gasteiger partial charge in [0.15, 0.2) is 0 Å². The molecule has 2 saturated heterocycles. The largest absolute Gasteiger partial charge is 0.493 e. The van der Waals surface area contributed by atoms with Crippen molar-refractivity contribution in [2.45, 2.75) is 39.7 Å². The standard InChI is InChI=1S/C25H33ClN4O4/c1-19-13-20(2)30(27-19)16-24(32)29-8-4-7-25(17-29,15-23(31)28-9-11-33-12-10-28)18-34-22-6-3-5-21(26)14-22/h3,5-6,13-14H,4,7-12,15-18H2,1-2H3. The van der Waals surface area contributed by atoms with Gasteiger partial charge < -0.3 is 19.3 Å². The SMILES string of the molecule is Cc1cc(C)n(CC(=O)N2CCCC(COc3cccc(Cl)c3)(CC(=O)N3CCOCC3)C2)n1. The van der Waals surface area contributed by atoms with E-state index in [4.69, 9.17) is 21.1 Å². The number of rotatable bonds is 7. The molecule has 2 aliphatic rings. The minimum Gasteiger partial charge on any atom is -0.493 e. The topological polar surface area (TPSA) is 76.9 Å². The summed E-state index contributed by atoms with van der Waals surface area (Å²) in [6.45, 7) is 7.88. The predicted octanol–water partition coefficient (Wildman–Crippen LogP) is 3.09. The van der Waals surface area contributed by atoms with Crippen LogP contribution < -0.4 is 4.74 Å². The van der Waals surface area contributed by atoms with Gasteiger partial charge in [-0.25, -0.2) is 0 Å². The Balaban J connectivity index is 1.50. The molecule has 0 N–H and O–H groups in total. The van der Waals surface area contributed by atoms with E-state index in [1.807, 2.05) is 41.8 Å². The first kappa shape index (κ1) is 24.5. The number of morpholine rings is 1. The average molecular weight is 489 g/mol. The van der Waals surface area contributed by atoms with Crippen LogP contribution in [-0.2, 0) is 20.9 Å². The van der Waals surface area contributed by atoms with E-state index < -0.39 is 5.41 Å². The summed E-state index contributed by atoms with van der Waals surface area (Å²) >= 11 is 6.13. The van der Waals surface area contributed by atoms with Crippen molar-refractivity contribution in [3.8, 4) is 5.75 Å². The maximum Gasteiger partial charge on any atom is 0.244 e. The van der Waals surface area contributed by atoms with E-state index in [1.165, 1.54) is 0 Å². The van der Waals surface area contributed by atoms with Gasteiger partial charge in [0.25, 0.3) is 0 Å². The second-order valence-corrected chi connectivity index (χ2v) is 9.86. The van der Waals surface area contributed by atoms with E-state index in [0.29, 0.717) is 63.2 Å². The molecule has 9 heteroatoms. The highest BCUT2D eigenvalue weighted by Gasteiger charge is 2.41. The third-order valence-corrected chi connectivity index (χ3v) is 6.87. The molecule has 0 radical (unpaired) electrons. The summed E-state index contributed by atoms with van der Waals surface area (Å²) in [6.07, 6.45) is 1.96. The lowest BCUT2D eigenvalue weighted by atomic mass is 9.77. The van der Waals surface area contributed by atoms with Gasteiger partial charge in [0.05, 0.1) is 25.5 Å². The molecule has 2 amide bonds. The number of carbonyl (C=O) groups is 2. The molecule has 1 aromatic carbocycles. The van der Waals surface area contributed by atoms with Crippen molar-refractivity contribution >= 4 is 23.4 Å². The second-order valence-electron chi connectivity index (χ2n) is 9.42. The van der Waals surface area contributed by atoms with Crippen LogP contribution in [-0.4, -0.2) is 77.4 Å². The number of likely N-dealkylation sites (tertiary alicyclic amines) is 1. The zero-order valence-corrected chi connectivity index (χ0v) is 20.7. The summed E-state index contributed by atoms with van der Waals surface area (Å²) in [5, 5.41) is 5.03. The molecule has 2 aliphatic heterocycles. The fourth-order valence-electron chi connectivity index (χ4n) is 4.84. The Bertz CT molecular complexity index is 1020. The number of carbonyl (C=O) groups excluding carboxylic acids is 2. The van der Waals surface area contributed by atoms with Crippen LogP contribution in [0.5, 0.6) is 5.75 Å². The molecule has 184 valence electrons. The van der Waals surface area contributed by atoms with Gasteiger partial charge >= 0.3 is 0 Å². The molecule has 4 rings (SSSR count). The van der Waals surface area contributed by atoms with E-state index >= 15 is 0 Å². The maximum atomic E-state index is 13.2. The highest BCUT2D eigenvalue weighted by atomic mass is 35.5. The molecule has 0 saturated carbocycles. The van der Waals surface area contributed by atoms with E-state index in [0.717, 1.165) is 24.2 Å². The van der Waals surface area contributed by atoms with Crippen molar-refractivity contribution < 1.29 is 19.1 Å². The van der Waals surface area contributed by atoms with Gasteiger partial charge in [0.1, 0.15) is 12.3 Å². The summed E-state index contributed by atoms with van der Waals surface area (Å²) in [7, 11) is 0. The molecule has 0 bridgehead atoms. The third-order valence-electron chi connectivity index (χ3n) is 6.63. The number of aromatic nitrogens is 2. The summed E-state index contributed by atoms with van der Waals surface area (Å²) in [4.78, 5) is 30.2. The number of hydrogen-bond donors (Lipinski definition) is 0. The fraction of sp³-hybridized carbons (Fsp3) is 0.560. The zero-order valence-electron chi connectivity index (χ0n) is 20.0. The van der Waals surface area contributed by atoms with Crippen molar-refractivity contribution in [2.24, 2.45) is 5.41 Å². The molecule has 3 heterocycles. The number of amides is 2. The number of ether oxygens (including phenoxy) is 2. The molecule has 1 unspecified atom stereocenters. The summed E-state index contributed by atoms with van der Waals surface area (Å²) in [5.74, 6) is 0.763. The van der Waals surface area contributed by atoms with Crippen LogP contribution in [0.1, 0.15) is 30.7 Å². The monoisotopic (exact) mass is 488 g/mol. The van der Waals surface area contributed by atoms with Crippen LogP contribution in [0.15, 0.2) is 30.3 Å². The van der Waals surface area contributed by atoms with Gasteiger partial charge in [-0.3, -0.25) is 14.3 Å². The normalized spacial score (nSPS) is 20.9. The van der Waals surface area contributed by atoms with Crippen molar-refractivity contribution in [1.82, 2.24) is 19.6 Å². The molecule has 2 fully saturated rings. The third kappa shape index (κ3) is 6.10. The summed E-state index contributed by atoms with van der Waals surface area (Å²) in [5.41, 5.74) is 1.38. The smallest absolute Gasteiger partial charge is 0.244 e. The molecular formula is C25H33ClN4O4. The molecule has 34 heavy (non-hydrogen) atoms. The Morgan fingerprint density at radius 1 is 1.12 bits per heavy atom. The fourth-order valence-corrected chi connectivity index (χ4v) is 5.02. The van der Waals surface area contributed by atoms with Crippen molar-refractivity contribution in [2.75, 3.05) is 46.0 Å². The van der Waals surface area contributed by atoms with Gasteiger partial charge in [-0.1, -0.05) is 17.7 Å². The quantitative estimate of drug-likeness (QED) is 0.598. The molecule has 1 aromatic heterocycles. The molecule has 2 aromatic rings. The Morgan fingerprint density at radius 3 is 2.62 bits per heavy atom. The highest BCUT2D eigenvalue weighted by Crippen LogP contribution is 2.36. The zero-order chi connectivity index (χ0) is 24.1. The average Bonchev–Trinajstić information content (AvgIpc) is 3.15. The first-order valence-corrected chi connectivity index (χ1v) is 12.2. The number of halogens is 1. The van der Waals surface area contributed by atoms with E-state index in [1.54, 1.807) is 16.8 Å². The molecule has 1 atom stereocenters. The molecular weight excluding hydrogens is 456 g/mol. The summed E-state index contributed by atoms with van der Waals surface area (Å²) < 4.78 is 13.3. The minimum absolute atomic E-state index is 0.0110. The van der Waals surface area contributed by atoms with Crippen LogP contribution in [0.4, 0.5) is 0 Å². The lowest BCUT2D eigenvalue weighted by Gasteiger charge is -2.43. The van der Waals surface area contributed by atoms with Crippen molar-refractivity contribution in [3.63, 3.8) is 0 Å². The van der Waals surface area contributed by atoms with Gasteiger partial charge in [-0.15, -0.1) is 0 Å². The number of aryl methyl sites for hydroxylation is 2. The van der Waals surface area contributed by atoms with Crippen molar-refractivity contribution in [3.05, 3.63) is 46.7 Å². The second kappa shape index (κ2) is 10.8. The Labute approximate surface area is 205 Å². The Hall–Kier alpha value is -2.58. The Kier molecular flexibility index (Phi) is 7.78. The Morgan fingerprint density at radius 2 is 1.91 bits per heavy atom. The number of hydrogen-bond acceptors (Lipinski definition) is 5. The first-order chi connectivity index (χ1) is 16.3. The minimum atomic E-state index is -0.472.